The standard InChI is InChI=1S/C10H22N2/c1-8-9(2,3)6-12(11)7-10(8,4)5/h8H,6-7,11H2,1-5H3. The fourth-order valence-corrected chi connectivity index (χ4v) is 2.43. The molecule has 2 N–H and O–H groups in total. The van der Waals surface area contributed by atoms with Gasteiger partial charge in [0.15, 0.2) is 0 Å². The van der Waals surface area contributed by atoms with E-state index in [9.17, 15) is 0 Å². The fourth-order valence-electron chi connectivity index (χ4n) is 2.43. The number of piperidine rings is 1. The van der Waals surface area contributed by atoms with Crippen LogP contribution in [0.3, 0.4) is 0 Å². The number of nitrogens with zero attached hydrogens (tertiary/aromatic N) is 1. The number of hydrogen-bond donors (Lipinski definition) is 1. The van der Waals surface area contributed by atoms with E-state index in [2.05, 4.69) is 34.6 Å². The third-order valence-corrected chi connectivity index (χ3v) is 3.57. The smallest absolute Gasteiger partial charge is 0.0182 e. The highest BCUT2D eigenvalue weighted by molar-refractivity contribution is 4.93. The number of hydrogen-bond acceptors (Lipinski definition) is 2. The van der Waals surface area contributed by atoms with E-state index in [1.807, 2.05) is 5.01 Å². The Balaban J connectivity index is 2.84. The molecule has 1 aliphatic rings. The summed E-state index contributed by atoms with van der Waals surface area (Å²) in [6.07, 6.45) is 0. The molecular weight excluding hydrogens is 148 g/mol. The van der Waals surface area contributed by atoms with Crippen LogP contribution in [0.5, 0.6) is 0 Å². The third-order valence-electron chi connectivity index (χ3n) is 3.57. The van der Waals surface area contributed by atoms with Crippen LogP contribution in [0, 0.1) is 16.7 Å². The zero-order valence-corrected chi connectivity index (χ0v) is 9.02. The van der Waals surface area contributed by atoms with Gasteiger partial charge in [0.25, 0.3) is 0 Å². The summed E-state index contributed by atoms with van der Waals surface area (Å²) in [5, 5.41) is 1.96. The highest BCUT2D eigenvalue weighted by Gasteiger charge is 2.43. The predicted octanol–water partition coefficient (Wildman–Crippen LogP) is 1.86. The van der Waals surface area contributed by atoms with Crippen molar-refractivity contribution < 1.29 is 0 Å². The molecule has 1 saturated heterocycles. The number of rotatable bonds is 0. The van der Waals surface area contributed by atoms with Crippen LogP contribution >= 0.6 is 0 Å². The molecule has 0 aromatic heterocycles. The van der Waals surface area contributed by atoms with Gasteiger partial charge in [-0.3, -0.25) is 5.84 Å². The van der Waals surface area contributed by atoms with Gasteiger partial charge in [0.2, 0.25) is 0 Å². The molecule has 72 valence electrons. The van der Waals surface area contributed by atoms with Crippen LogP contribution < -0.4 is 5.84 Å². The average molecular weight is 170 g/mol. The van der Waals surface area contributed by atoms with Gasteiger partial charge in [-0.1, -0.05) is 34.6 Å². The minimum atomic E-state index is 0.344. The van der Waals surface area contributed by atoms with E-state index in [1.54, 1.807) is 0 Å². The number of hydrazine groups is 1. The second kappa shape index (κ2) is 2.71. The predicted molar refractivity (Wildman–Crippen MR) is 52.5 cm³/mol. The van der Waals surface area contributed by atoms with Gasteiger partial charge < -0.3 is 0 Å². The summed E-state index contributed by atoms with van der Waals surface area (Å²) >= 11 is 0. The molecule has 0 aromatic rings. The van der Waals surface area contributed by atoms with Gasteiger partial charge >= 0.3 is 0 Å². The first-order chi connectivity index (χ1) is 5.26. The molecule has 12 heavy (non-hydrogen) atoms. The minimum Gasteiger partial charge on any atom is -0.269 e. The van der Waals surface area contributed by atoms with E-state index in [-0.39, 0.29) is 0 Å². The van der Waals surface area contributed by atoms with E-state index >= 15 is 0 Å². The lowest BCUT2D eigenvalue weighted by molar-refractivity contribution is -0.0333. The van der Waals surface area contributed by atoms with Gasteiger partial charge in [-0.05, 0) is 16.7 Å². The Hall–Kier alpha value is -0.0800. The Bertz CT molecular complexity index is 155. The Morgan fingerprint density at radius 2 is 1.42 bits per heavy atom. The van der Waals surface area contributed by atoms with Crippen molar-refractivity contribution in [3.8, 4) is 0 Å². The molecule has 1 rings (SSSR count). The van der Waals surface area contributed by atoms with Gasteiger partial charge in [0.05, 0.1) is 0 Å². The van der Waals surface area contributed by atoms with Gasteiger partial charge in [-0.15, -0.1) is 0 Å². The van der Waals surface area contributed by atoms with Crippen LogP contribution in [0.1, 0.15) is 34.6 Å². The van der Waals surface area contributed by atoms with Gasteiger partial charge in [-0.2, -0.15) is 0 Å². The van der Waals surface area contributed by atoms with Crippen LogP contribution in [0.4, 0.5) is 0 Å². The van der Waals surface area contributed by atoms with Crippen molar-refractivity contribution in [2.24, 2.45) is 22.6 Å². The zero-order valence-electron chi connectivity index (χ0n) is 9.02. The molecule has 1 heterocycles. The maximum Gasteiger partial charge on any atom is 0.0182 e. The summed E-state index contributed by atoms with van der Waals surface area (Å²) in [5.74, 6) is 6.61. The maximum absolute atomic E-state index is 5.88. The van der Waals surface area contributed by atoms with Crippen LogP contribution in [-0.2, 0) is 0 Å². The maximum atomic E-state index is 5.88. The summed E-state index contributed by atoms with van der Waals surface area (Å²) in [4.78, 5) is 0. The van der Waals surface area contributed by atoms with E-state index < -0.39 is 0 Å². The van der Waals surface area contributed by atoms with E-state index in [4.69, 9.17) is 5.84 Å². The summed E-state index contributed by atoms with van der Waals surface area (Å²) in [7, 11) is 0. The number of nitrogens with two attached hydrogens (primary N) is 1. The van der Waals surface area contributed by atoms with E-state index in [0.29, 0.717) is 10.8 Å². The molecule has 0 atom stereocenters. The van der Waals surface area contributed by atoms with Crippen molar-refractivity contribution >= 4 is 0 Å². The molecule has 0 spiro atoms. The van der Waals surface area contributed by atoms with Crippen LogP contribution in [0.15, 0.2) is 0 Å². The van der Waals surface area contributed by atoms with Crippen molar-refractivity contribution in [2.75, 3.05) is 13.1 Å². The first-order valence-electron chi connectivity index (χ1n) is 4.75. The molecule has 1 fully saturated rings. The van der Waals surface area contributed by atoms with Crippen molar-refractivity contribution in [1.82, 2.24) is 5.01 Å². The summed E-state index contributed by atoms with van der Waals surface area (Å²) in [6.45, 7) is 13.6. The molecule has 0 aliphatic carbocycles. The fraction of sp³-hybridized carbons (Fsp3) is 1.00. The van der Waals surface area contributed by atoms with Crippen LogP contribution in [-0.4, -0.2) is 18.1 Å². The van der Waals surface area contributed by atoms with Crippen molar-refractivity contribution in [3.63, 3.8) is 0 Å². The van der Waals surface area contributed by atoms with Gasteiger partial charge in [0.1, 0.15) is 0 Å². The lowest BCUT2D eigenvalue weighted by Gasteiger charge is -2.50. The second-order valence-corrected chi connectivity index (χ2v) is 5.60. The summed E-state index contributed by atoms with van der Waals surface area (Å²) in [5.41, 5.74) is 0.688. The highest BCUT2D eigenvalue weighted by Crippen LogP contribution is 2.44. The molecule has 0 saturated carbocycles. The molecular formula is C10H22N2. The summed E-state index contributed by atoms with van der Waals surface area (Å²) < 4.78 is 0. The molecule has 0 radical (unpaired) electrons. The van der Waals surface area contributed by atoms with Gasteiger partial charge in [-0.25, -0.2) is 5.01 Å². The van der Waals surface area contributed by atoms with Crippen molar-refractivity contribution in [2.45, 2.75) is 34.6 Å². The second-order valence-electron chi connectivity index (χ2n) is 5.60. The SMILES string of the molecule is CC1C(C)(C)CN(N)CC1(C)C. The topological polar surface area (TPSA) is 29.3 Å². The third kappa shape index (κ3) is 1.64. The first kappa shape index (κ1) is 10.0. The van der Waals surface area contributed by atoms with Crippen LogP contribution in [0.25, 0.3) is 0 Å². The lowest BCUT2D eigenvalue weighted by Crippen LogP contribution is -2.56. The average Bonchev–Trinajstić information content (AvgIpc) is 1.80. The minimum absolute atomic E-state index is 0.344. The molecule has 2 heteroatoms. The normalized spacial score (nSPS) is 30.5. The zero-order chi connectivity index (χ0) is 9.57. The van der Waals surface area contributed by atoms with E-state index in [0.717, 1.165) is 19.0 Å². The Kier molecular flexibility index (Phi) is 2.26. The van der Waals surface area contributed by atoms with Crippen molar-refractivity contribution in [1.29, 1.82) is 0 Å². The molecule has 1 aliphatic heterocycles. The van der Waals surface area contributed by atoms with Crippen molar-refractivity contribution in [3.05, 3.63) is 0 Å². The van der Waals surface area contributed by atoms with Crippen LogP contribution in [0.2, 0.25) is 0 Å². The first-order valence-corrected chi connectivity index (χ1v) is 4.75. The summed E-state index contributed by atoms with van der Waals surface area (Å²) in [6, 6.07) is 0. The Morgan fingerprint density at radius 1 is 1.08 bits per heavy atom. The molecule has 0 aromatic carbocycles. The Morgan fingerprint density at radius 3 is 1.75 bits per heavy atom. The largest absolute Gasteiger partial charge is 0.269 e. The molecule has 0 amide bonds. The molecule has 0 bridgehead atoms. The molecule has 2 nitrogen and oxygen atoms in total. The lowest BCUT2D eigenvalue weighted by atomic mass is 9.63. The molecule has 0 unspecified atom stereocenters. The van der Waals surface area contributed by atoms with E-state index in [1.165, 1.54) is 0 Å². The highest BCUT2D eigenvalue weighted by atomic mass is 15.4. The Labute approximate surface area is 76.1 Å². The van der Waals surface area contributed by atoms with Gasteiger partial charge in [0, 0.05) is 13.1 Å². The monoisotopic (exact) mass is 170 g/mol. The quantitative estimate of drug-likeness (QED) is 0.562.